The van der Waals surface area contributed by atoms with Gasteiger partial charge in [-0.1, -0.05) is 0 Å². The predicted octanol–water partition coefficient (Wildman–Crippen LogP) is -3.04. The molecule has 0 unspecified atom stereocenters. The standard InChI is InChI=1S/C11H17O.2ClH.Ti/c1-2-3-9-12-10-8-11-6-4-5-7-11;;;/h4,6H,2-3,5,8-10H2,1H3;2*1H;/q;;;+2/p-2. The topological polar surface area (TPSA) is 9.23 Å². The van der Waals surface area contributed by atoms with Gasteiger partial charge in [0.1, 0.15) is 0 Å². The zero-order valence-electron chi connectivity index (χ0n) is 9.06. The molecule has 15 heavy (non-hydrogen) atoms. The summed E-state index contributed by atoms with van der Waals surface area (Å²) in [6, 6.07) is 0. The van der Waals surface area contributed by atoms with Crippen LogP contribution in [0.4, 0.5) is 0 Å². The third kappa shape index (κ3) is 7.60. The number of rotatable bonds is 6. The first-order chi connectivity index (χ1) is 6.34. The Morgan fingerprint density at radius 1 is 1.33 bits per heavy atom. The summed E-state index contributed by atoms with van der Waals surface area (Å²) < 4.78 is 7.03. The molecule has 0 fully saturated rings. The van der Waals surface area contributed by atoms with Crippen LogP contribution in [0.15, 0.2) is 21.6 Å². The van der Waals surface area contributed by atoms with Gasteiger partial charge in [0.2, 0.25) is 0 Å². The SMILES string of the molecule is CCCCOCCC1=[C]([Ti+2])CC=C1.[Cl-].[Cl-]. The molecule has 0 aliphatic heterocycles. The largest absolute Gasteiger partial charge is 1.00 e. The first kappa shape index (κ1) is 18.1. The quantitative estimate of drug-likeness (QED) is 0.372. The van der Waals surface area contributed by atoms with Gasteiger partial charge in [0.05, 0.1) is 0 Å². The number of unbranched alkanes of at least 4 members (excludes halogenated alkanes) is 1. The van der Waals surface area contributed by atoms with E-state index < -0.39 is 0 Å². The zero-order valence-corrected chi connectivity index (χ0v) is 12.1. The Bertz CT molecular complexity index is 215. The smallest absolute Gasteiger partial charge is 1.00 e. The van der Waals surface area contributed by atoms with Crippen molar-refractivity contribution in [3.05, 3.63) is 21.6 Å². The molecule has 1 aliphatic carbocycles. The molecule has 0 aromatic rings. The van der Waals surface area contributed by atoms with Crippen molar-refractivity contribution >= 4 is 0 Å². The van der Waals surface area contributed by atoms with Gasteiger partial charge >= 0.3 is 92.6 Å². The maximum atomic E-state index is 5.52. The summed E-state index contributed by atoms with van der Waals surface area (Å²) in [6.45, 7) is 4.00. The van der Waals surface area contributed by atoms with Crippen LogP contribution >= 0.6 is 0 Å². The molecular weight excluding hydrogens is 267 g/mol. The predicted molar refractivity (Wildman–Crippen MR) is 51.1 cm³/mol. The fraction of sp³-hybridized carbons (Fsp3) is 0.636. The van der Waals surface area contributed by atoms with Crippen LogP contribution in [-0.4, -0.2) is 13.2 Å². The minimum Gasteiger partial charge on any atom is -1.00 e. The van der Waals surface area contributed by atoms with Crippen LogP contribution in [0, 0.1) is 0 Å². The summed E-state index contributed by atoms with van der Waals surface area (Å²) in [5.41, 5.74) is 1.48. The molecule has 0 spiro atoms. The molecule has 0 saturated heterocycles. The van der Waals surface area contributed by atoms with Gasteiger partial charge < -0.3 is 24.8 Å². The molecule has 4 heteroatoms. The van der Waals surface area contributed by atoms with Crippen molar-refractivity contribution in [2.75, 3.05) is 13.2 Å². The van der Waals surface area contributed by atoms with Gasteiger partial charge in [-0.2, -0.15) is 0 Å². The average molecular weight is 284 g/mol. The van der Waals surface area contributed by atoms with E-state index in [0.29, 0.717) is 0 Å². The Morgan fingerprint density at radius 3 is 2.60 bits per heavy atom. The van der Waals surface area contributed by atoms with Gasteiger partial charge in [0, 0.05) is 0 Å². The number of hydrogen-bond acceptors (Lipinski definition) is 1. The normalized spacial score (nSPS) is 13.8. The fourth-order valence-electron chi connectivity index (χ4n) is 1.32. The Hall–Kier alpha value is 0.734. The van der Waals surface area contributed by atoms with Crippen LogP contribution < -0.4 is 24.8 Å². The molecule has 0 saturated carbocycles. The number of allylic oxidation sites excluding steroid dienone is 3. The van der Waals surface area contributed by atoms with Gasteiger partial charge in [-0.05, 0) is 0 Å². The van der Waals surface area contributed by atoms with E-state index in [9.17, 15) is 0 Å². The molecule has 1 nitrogen and oxygen atoms in total. The van der Waals surface area contributed by atoms with Gasteiger partial charge in [0.15, 0.2) is 0 Å². The summed E-state index contributed by atoms with van der Waals surface area (Å²) in [4.78, 5) is 0. The van der Waals surface area contributed by atoms with Crippen molar-refractivity contribution in [1.29, 1.82) is 0 Å². The maximum absolute atomic E-state index is 5.52. The Balaban J connectivity index is 0. The van der Waals surface area contributed by atoms with Gasteiger partial charge in [0.25, 0.3) is 0 Å². The van der Waals surface area contributed by atoms with Crippen LogP contribution in [-0.2, 0) is 25.2 Å². The zero-order chi connectivity index (χ0) is 9.52. The maximum Gasteiger partial charge on any atom is -1.00 e. The van der Waals surface area contributed by atoms with Crippen LogP contribution in [0.1, 0.15) is 32.6 Å². The van der Waals surface area contributed by atoms with E-state index >= 15 is 0 Å². The summed E-state index contributed by atoms with van der Waals surface area (Å²) in [5, 5.41) is 0. The summed E-state index contributed by atoms with van der Waals surface area (Å²) in [5.74, 6) is 0. The average Bonchev–Trinajstić information content (AvgIpc) is 2.52. The third-order valence-electron chi connectivity index (χ3n) is 2.19. The molecule has 0 bridgehead atoms. The molecule has 0 amide bonds. The molecular formula is C11H17Cl2OTi. The monoisotopic (exact) mass is 283 g/mol. The second kappa shape index (κ2) is 11.2. The number of ether oxygens (including phenoxy) is 1. The van der Waals surface area contributed by atoms with Gasteiger partial charge in [-0.25, -0.2) is 0 Å². The van der Waals surface area contributed by atoms with Crippen LogP contribution in [0.5, 0.6) is 0 Å². The summed E-state index contributed by atoms with van der Waals surface area (Å²) in [7, 11) is 0. The Labute approximate surface area is 117 Å². The third-order valence-corrected chi connectivity index (χ3v) is 3.01. The summed E-state index contributed by atoms with van der Waals surface area (Å²) >= 11 is 2.21. The Kier molecular flexibility index (Phi) is 13.6. The van der Waals surface area contributed by atoms with Crippen molar-refractivity contribution in [3.8, 4) is 0 Å². The van der Waals surface area contributed by atoms with Crippen molar-refractivity contribution in [2.45, 2.75) is 32.6 Å². The van der Waals surface area contributed by atoms with Crippen molar-refractivity contribution in [2.24, 2.45) is 0 Å². The Morgan fingerprint density at radius 2 is 2.07 bits per heavy atom. The van der Waals surface area contributed by atoms with Crippen LogP contribution in [0.3, 0.4) is 0 Å². The van der Waals surface area contributed by atoms with Crippen molar-refractivity contribution < 1.29 is 50.0 Å². The molecule has 0 atom stereocenters. The van der Waals surface area contributed by atoms with Crippen molar-refractivity contribution in [3.63, 3.8) is 0 Å². The summed E-state index contributed by atoms with van der Waals surface area (Å²) in [6.07, 6.45) is 9.11. The molecule has 1 rings (SSSR count). The van der Waals surface area contributed by atoms with E-state index in [1.165, 1.54) is 22.3 Å². The van der Waals surface area contributed by atoms with E-state index in [2.05, 4.69) is 39.5 Å². The van der Waals surface area contributed by atoms with Crippen LogP contribution in [0.25, 0.3) is 0 Å². The molecule has 1 aliphatic rings. The van der Waals surface area contributed by atoms with E-state index in [1.807, 2.05) is 0 Å². The molecule has 0 aromatic heterocycles. The molecule has 0 radical (unpaired) electrons. The van der Waals surface area contributed by atoms with Gasteiger partial charge in [-0.3, -0.25) is 0 Å². The van der Waals surface area contributed by atoms with Crippen molar-refractivity contribution in [1.82, 2.24) is 0 Å². The fourth-order valence-corrected chi connectivity index (χ4v) is 1.82. The number of hydrogen-bond donors (Lipinski definition) is 0. The van der Waals surface area contributed by atoms with Gasteiger partial charge in [-0.15, -0.1) is 0 Å². The number of halogens is 2. The molecule has 0 N–H and O–H groups in total. The van der Waals surface area contributed by atoms with E-state index in [4.69, 9.17) is 4.74 Å². The van der Waals surface area contributed by atoms with E-state index in [-0.39, 0.29) is 24.8 Å². The second-order valence-corrected chi connectivity index (χ2v) is 4.27. The molecule has 0 aromatic carbocycles. The first-order valence-corrected chi connectivity index (χ1v) is 5.80. The minimum absolute atomic E-state index is 0. The molecule has 85 valence electrons. The van der Waals surface area contributed by atoms with E-state index in [1.54, 1.807) is 0 Å². The first-order valence-electron chi connectivity index (χ1n) is 5.02. The van der Waals surface area contributed by atoms with Crippen LogP contribution in [0.2, 0.25) is 0 Å². The molecule has 0 heterocycles. The minimum atomic E-state index is 0. The van der Waals surface area contributed by atoms with E-state index in [0.717, 1.165) is 26.1 Å². The second-order valence-electron chi connectivity index (χ2n) is 3.33.